The third-order valence-corrected chi connectivity index (χ3v) is 7.14. The van der Waals surface area contributed by atoms with E-state index in [4.69, 9.17) is 0 Å². The van der Waals surface area contributed by atoms with E-state index in [2.05, 4.69) is 17.4 Å². The molecule has 0 bridgehead atoms. The molecule has 1 atom stereocenters. The average Bonchev–Trinajstić information content (AvgIpc) is 2.79. The number of anilines is 1. The van der Waals surface area contributed by atoms with E-state index in [-0.39, 0.29) is 23.4 Å². The van der Waals surface area contributed by atoms with Gasteiger partial charge in [-0.2, -0.15) is 0 Å². The number of aryl methyl sites for hydroxylation is 3. The van der Waals surface area contributed by atoms with Gasteiger partial charge in [0, 0.05) is 6.04 Å². The van der Waals surface area contributed by atoms with Crippen molar-refractivity contribution in [3.05, 3.63) is 95.6 Å². The van der Waals surface area contributed by atoms with E-state index < -0.39 is 10.0 Å². The lowest BCUT2D eigenvalue weighted by Gasteiger charge is -2.26. The van der Waals surface area contributed by atoms with Crippen molar-refractivity contribution in [3.8, 4) is 0 Å². The Balaban J connectivity index is 1.79. The van der Waals surface area contributed by atoms with Crippen molar-refractivity contribution < 1.29 is 13.2 Å². The number of hydrogen-bond donors (Lipinski definition) is 1. The number of carbonyl (C=O) groups excluding carboxylic acids is 1. The molecule has 5 nitrogen and oxygen atoms in total. The number of sulfonamides is 1. The van der Waals surface area contributed by atoms with Gasteiger partial charge in [-0.25, -0.2) is 8.42 Å². The Labute approximate surface area is 191 Å². The molecule has 0 spiro atoms. The maximum Gasteiger partial charge on any atom is 0.264 e. The van der Waals surface area contributed by atoms with Crippen LogP contribution < -0.4 is 9.62 Å². The minimum atomic E-state index is -3.91. The molecule has 3 rings (SSSR count). The fourth-order valence-electron chi connectivity index (χ4n) is 3.56. The quantitative estimate of drug-likeness (QED) is 0.517. The minimum absolute atomic E-state index is 0.0809. The van der Waals surface area contributed by atoms with Crippen molar-refractivity contribution in [2.75, 3.05) is 10.8 Å². The number of benzene rings is 3. The van der Waals surface area contributed by atoms with Crippen LogP contribution in [0.5, 0.6) is 0 Å². The summed E-state index contributed by atoms with van der Waals surface area (Å²) in [5.74, 6) is -0.328. The molecule has 32 heavy (non-hydrogen) atoms. The van der Waals surface area contributed by atoms with Crippen LogP contribution in [-0.4, -0.2) is 26.9 Å². The summed E-state index contributed by atoms with van der Waals surface area (Å²) in [5, 5.41) is 2.96. The molecule has 6 heteroatoms. The number of nitrogens with one attached hydrogen (secondary N) is 1. The molecule has 3 aromatic carbocycles. The monoisotopic (exact) mass is 450 g/mol. The van der Waals surface area contributed by atoms with Crippen LogP contribution in [0, 0.1) is 13.8 Å². The summed E-state index contributed by atoms with van der Waals surface area (Å²) in [4.78, 5) is 13.1. The summed E-state index contributed by atoms with van der Waals surface area (Å²) in [6.45, 7) is 5.41. The average molecular weight is 451 g/mol. The summed E-state index contributed by atoms with van der Waals surface area (Å²) in [6, 6.07) is 23.8. The highest BCUT2D eigenvalue weighted by Gasteiger charge is 2.28. The largest absolute Gasteiger partial charge is 0.352 e. The zero-order valence-corrected chi connectivity index (χ0v) is 19.6. The topological polar surface area (TPSA) is 66.5 Å². The lowest BCUT2D eigenvalue weighted by atomic mass is 10.1. The first-order chi connectivity index (χ1) is 15.3. The fraction of sp³-hybridized carbons (Fsp3) is 0.269. The first-order valence-electron chi connectivity index (χ1n) is 10.8. The molecule has 0 aromatic heterocycles. The Kier molecular flexibility index (Phi) is 7.70. The smallest absolute Gasteiger partial charge is 0.264 e. The van der Waals surface area contributed by atoms with E-state index in [1.165, 1.54) is 9.87 Å². The highest BCUT2D eigenvalue weighted by atomic mass is 32.2. The van der Waals surface area contributed by atoms with E-state index in [1.807, 2.05) is 57.2 Å². The van der Waals surface area contributed by atoms with Crippen LogP contribution in [0.25, 0.3) is 0 Å². The second-order valence-corrected chi connectivity index (χ2v) is 9.97. The van der Waals surface area contributed by atoms with Crippen LogP contribution in [0.15, 0.2) is 83.8 Å². The number of amides is 1. The van der Waals surface area contributed by atoms with Gasteiger partial charge in [0.05, 0.1) is 10.6 Å². The van der Waals surface area contributed by atoms with Crippen LogP contribution in [0.3, 0.4) is 0 Å². The number of hydrogen-bond acceptors (Lipinski definition) is 3. The Hall–Kier alpha value is -3.12. The van der Waals surface area contributed by atoms with E-state index in [9.17, 15) is 13.2 Å². The van der Waals surface area contributed by atoms with Gasteiger partial charge >= 0.3 is 0 Å². The molecule has 0 saturated carbocycles. The molecule has 1 N–H and O–H groups in total. The molecule has 0 aliphatic rings. The molecule has 0 radical (unpaired) electrons. The Morgan fingerprint density at radius 3 is 2.22 bits per heavy atom. The fourth-order valence-corrected chi connectivity index (χ4v) is 5.06. The van der Waals surface area contributed by atoms with Crippen LogP contribution in [-0.2, 0) is 21.2 Å². The second kappa shape index (κ2) is 10.5. The maximum absolute atomic E-state index is 13.5. The third-order valence-electron chi connectivity index (χ3n) is 5.37. The summed E-state index contributed by atoms with van der Waals surface area (Å²) < 4.78 is 28.2. The summed E-state index contributed by atoms with van der Waals surface area (Å²) in [5.41, 5.74) is 3.44. The number of rotatable bonds is 9. The molecule has 0 heterocycles. The summed E-state index contributed by atoms with van der Waals surface area (Å²) in [7, 11) is -3.91. The van der Waals surface area contributed by atoms with Crippen molar-refractivity contribution in [1.29, 1.82) is 0 Å². The highest BCUT2D eigenvalue weighted by Crippen LogP contribution is 2.27. The lowest BCUT2D eigenvalue weighted by molar-refractivity contribution is -0.120. The van der Waals surface area contributed by atoms with Gasteiger partial charge in [0.25, 0.3) is 10.0 Å². The molecule has 0 aliphatic heterocycles. The molecular formula is C26H30N2O3S. The molecule has 0 unspecified atom stereocenters. The number of nitrogens with zero attached hydrogens (tertiary/aromatic N) is 1. The van der Waals surface area contributed by atoms with Gasteiger partial charge in [-0.15, -0.1) is 0 Å². The van der Waals surface area contributed by atoms with Crippen LogP contribution in [0.1, 0.15) is 30.0 Å². The van der Waals surface area contributed by atoms with Crippen molar-refractivity contribution in [3.63, 3.8) is 0 Å². The Morgan fingerprint density at radius 1 is 0.938 bits per heavy atom. The predicted octanol–water partition coefficient (Wildman–Crippen LogP) is 4.64. The SMILES string of the molecule is Cc1ccc(C)c(N(CC(=O)N[C@@H](C)CCc2ccccc2)S(=O)(=O)c2ccccc2)c1. The zero-order valence-electron chi connectivity index (χ0n) is 18.8. The van der Waals surface area contributed by atoms with E-state index >= 15 is 0 Å². The molecule has 0 saturated heterocycles. The molecule has 0 aliphatic carbocycles. The Morgan fingerprint density at radius 2 is 1.56 bits per heavy atom. The highest BCUT2D eigenvalue weighted by molar-refractivity contribution is 7.92. The molecule has 1 amide bonds. The van der Waals surface area contributed by atoms with Crippen LogP contribution in [0.4, 0.5) is 5.69 Å². The van der Waals surface area contributed by atoms with Gasteiger partial charge in [-0.1, -0.05) is 60.7 Å². The van der Waals surface area contributed by atoms with Crippen LogP contribution >= 0.6 is 0 Å². The van der Waals surface area contributed by atoms with Gasteiger partial charge in [-0.05, 0) is 68.5 Å². The first kappa shape index (κ1) is 23.5. The second-order valence-electron chi connectivity index (χ2n) is 8.11. The standard InChI is InChI=1S/C26H30N2O3S/c1-20-14-15-21(2)25(18-20)28(32(30,31)24-12-8-5-9-13-24)19-26(29)27-22(3)16-17-23-10-6-4-7-11-23/h4-15,18,22H,16-17,19H2,1-3H3,(H,27,29)/t22-/m0/s1. The number of carbonyl (C=O) groups is 1. The van der Waals surface area contributed by atoms with Crippen molar-refractivity contribution in [2.45, 2.75) is 44.6 Å². The van der Waals surface area contributed by atoms with Gasteiger partial charge in [-0.3, -0.25) is 9.10 Å². The van der Waals surface area contributed by atoms with Gasteiger partial charge < -0.3 is 5.32 Å². The maximum atomic E-state index is 13.5. The van der Waals surface area contributed by atoms with E-state index in [0.29, 0.717) is 5.69 Å². The third kappa shape index (κ3) is 5.98. The Bertz CT molecular complexity index is 1150. The first-order valence-corrected chi connectivity index (χ1v) is 12.2. The van der Waals surface area contributed by atoms with Gasteiger partial charge in [0.15, 0.2) is 0 Å². The van der Waals surface area contributed by atoms with Crippen molar-refractivity contribution >= 4 is 21.6 Å². The molecule has 168 valence electrons. The summed E-state index contributed by atoms with van der Waals surface area (Å²) >= 11 is 0. The van der Waals surface area contributed by atoms with Crippen LogP contribution in [0.2, 0.25) is 0 Å². The summed E-state index contributed by atoms with van der Waals surface area (Å²) in [6.07, 6.45) is 1.61. The van der Waals surface area contributed by atoms with E-state index in [0.717, 1.165) is 24.0 Å². The van der Waals surface area contributed by atoms with Gasteiger partial charge in [0.2, 0.25) is 5.91 Å². The van der Waals surface area contributed by atoms with Crippen molar-refractivity contribution in [2.24, 2.45) is 0 Å². The van der Waals surface area contributed by atoms with Gasteiger partial charge in [0.1, 0.15) is 6.54 Å². The lowest BCUT2D eigenvalue weighted by Crippen LogP contribution is -2.44. The van der Waals surface area contributed by atoms with E-state index in [1.54, 1.807) is 30.3 Å². The molecule has 0 fully saturated rings. The van der Waals surface area contributed by atoms with Crippen molar-refractivity contribution in [1.82, 2.24) is 5.32 Å². The predicted molar refractivity (Wildman–Crippen MR) is 129 cm³/mol. The molecule has 3 aromatic rings. The minimum Gasteiger partial charge on any atom is -0.352 e. The normalized spacial score (nSPS) is 12.2. The molecular weight excluding hydrogens is 420 g/mol. The zero-order chi connectivity index (χ0) is 23.1.